The zero-order valence-electron chi connectivity index (χ0n) is 14.5. The number of hydrogen-bond donors (Lipinski definition) is 1. The van der Waals surface area contributed by atoms with Crippen molar-refractivity contribution in [3.05, 3.63) is 76.6 Å². The summed E-state index contributed by atoms with van der Waals surface area (Å²) >= 11 is 6.27. The maximum absolute atomic E-state index is 13.2. The highest BCUT2D eigenvalue weighted by molar-refractivity contribution is 6.30. The van der Waals surface area contributed by atoms with E-state index in [1.165, 1.54) is 18.2 Å². The summed E-state index contributed by atoms with van der Waals surface area (Å²) in [6.45, 7) is 2.33. The first-order valence-electron chi connectivity index (χ1n) is 8.35. The number of aryl methyl sites for hydroxylation is 1. The molecule has 0 radical (unpaired) electrons. The van der Waals surface area contributed by atoms with Crippen LogP contribution in [0.2, 0.25) is 5.15 Å². The van der Waals surface area contributed by atoms with Crippen LogP contribution in [0.1, 0.15) is 16.8 Å². The van der Waals surface area contributed by atoms with Crippen molar-refractivity contribution < 1.29 is 13.2 Å². The number of nitrogens with zero attached hydrogens (tertiary/aromatic N) is 2. The molecule has 0 spiro atoms. The average Bonchev–Trinajstić information content (AvgIpc) is 2.64. The predicted molar refractivity (Wildman–Crippen MR) is 101 cm³/mol. The Morgan fingerprint density at radius 2 is 1.63 bits per heavy atom. The molecule has 0 bridgehead atoms. The van der Waals surface area contributed by atoms with E-state index in [4.69, 9.17) is 11.6 Å². The van der Waals surface area contributed by atoms with Crippen LogP contribution < -0.4 is 5.32 Å². The fourth-order valence-corrected chi connectivity index (χ4v) is 3.09. The van der Waals surface area contributed by atoms with Crippen molar-refractivity contribution in [2.75, 3.05) is 11.9 Å². The van der Waals surface area contributed by atoms with Crippen molar-refractivity contribution >= 4 is 17.3 Å². The molecule has 0 amide bonds. The first kappa shape index (κ1) is 19.2. The second kappa shape index (κ2) is 7.96. The summed E-state index contributed by atoms with van der Waals surface area (Å²) in [6.07, 6.45) is -3.93. The Kier molecular flexibility index (Phi) is 5.65. The van der Waals surface area contributed by atoms with Crippen molar-refractivity contribution in [1.82, 2.24) is 9.97 Å². The number of alkyl halides is 3. The average molecular weight is 392 g/mol. The van der Waals surface area contributed by atoms with E-state index in [0.29, 0.717) is 24.2 Å². The van der Waals surface area contributed by atoms with Gasteiger partial charge >= 0.3 is 6.18 Å². The van der Waals surface area contributed by atoms with E-state index >= 15 is 0 Å². The molecule has 0 unspecified atom stereocenters. The van der Waals surface area contributed by atoms with Gasteiger partial charge in [0.25, 0.3) is 0 Å². The number of para-hydroxylation sites is 1. The van der Waals surface area contributed by atoms with E-state index in [9.17, 15) is 13.2 Å². The SMILES string of the molecule is Cc1nc(-c2ccccc2C(F)(F)F)nc(Cl)c1CCNc1ccccc1. The molecule has 1 N–H and O–H groups in total. The van der Waals surface area contributed by atoms with Crippen molar-refractivity contribution in [2.24, 2.45) is 0 Å². The molecule has 1 heterocycles. The minimum absolute atomic E-state index is 0.0230. The van der Waals surface area contributed by atoms with Crippen molar-refractivity contribution in [3.8, 4) is 11.4 Å². The van der Waals surface area contributed by atoms with Crippen LogP contribution >= 0.6 is 11.6 Å². The summed E-state index contributed by atoms with van der Waals surface area (Å²) in [4.78, 5) is 8.41. The van der Waals surface area contributed by atoms with Gasteiger partial charge in [0.1, 0.15) is 5.15 Å². The Balaban J connectivity index is 1.84. The number of nitrogens with one attached hydrogen (secondary N) is 1. The molecular formula is C20H17ClF3N3. The van der Waals surface area contributed by atoms with E-state index in [1.807, 2.05) is 30.3 Å². The minimum atomic E-state index is -4.49. The van der Waals surface area contributed by atoms with Gasteiger partial charge in [-0.25, -0.2) is 9.97 Å². The molecule has 140 valence electrons. The van der Waals surface area contributed by atoms with Crippen molar-refractivity contribution in [1.29, 1.82) is 0 Å². The van der Waals surface area contributed by atoms with Gasteiger partial charge in [-0.3, -0.25) is 0 Å². The van der Waals surface area contributed by atoms with Gasteiger partial charge in [-0.05, 0) is 31.5 Å². The van der Waals surface area contributed by atoms with E-state index in [0.717, 1.165) is 11.8 Å². The Labute approximate surface area is 160 Å². The van der Waals surface area contributed by atoms with Crippen LogP contribution in [0.15, 0.2) is 54.6 Å². The van der Waals surface area contributed by atoms with E-state index in [-0.39, 0.29) is 16.5 Å². The molecule has 1 aromatic heterocycles. The normalized spacial score (nSPS) is 11.4. The highest BCUT2D eigenvalue weighted by Crippen LogP contribution is 2.36. The smallest absolute Gasteiger partial charge is 0.385 e. The number of rotatable bonds is 5. The third-order valence-corrected chi connectivity index (χ3v) is 4.43. The highest BCUT2D eigenvalue weighted by atomic mass is 35.5. The van der Waals surface area contributed by atoms with Crippen molar-refractivity contribution in [3.63, 3.8) is 0 Å². The monoisotopic (exact) mass is 391 g/mol. The summed E-state index contributed by atoms with van der Waals surface area (Å²) in [5.74, 6) is -0.0230. The van der Waals surface area contributed by atoms with Gasteiger partial charge in [-0.1, -0.05) is 48.0 Å². The van der Waals surface area contributed by atoms with Crippen LogP contribution in [0.3, 0.4) is 0 Å². The summed E-state index contributed by atoms with van der Waals surface area (Å²) < 4.78 is 39.7. The van der Waals surface area contributed by atoms with Crippen LogP contribution in [-0.2, 0) is 12.6 Å². The number of hydrogen-bond acceptors (Lipinski definition) is 3. The van der Waals surface area contributed by atoms with Crippen molar-refractivity contribution in [2.45, 2.75) is 19.5 Å². The fraction of sp³-hybridized carbons (Fsp3) is 0.200. The third-order valence-electron chi connectivity index (χ3n) is 4.11. The highest BCUT2D eigenvalue weighted by Gasteiger charge is 2.34. The summed E-state index contributed by atoms with van der Waals surface area (Å²) in [5.41, 5.74) is 1.40. The van der Waals surface area contributed by atoms with Crippen LogP contribution in [0.5, 0.6) is 0 Å². The molecule has 3 rings (SSSR count). The lowest BCUT2D eigenvalue weighted by molar-refractivity contribution is -0.137. The van der Waals surface area contributed by atoms with Gasteiger partial charge in [-0.15, -0.1) is 0 Å². The molecule has 0 aliphatic heterocycles. The molecule has 0 fully saturated rings. The van der Waals surface area contributed by atoms with Crippen LogP contribution in [0.4, 0.5) is 18.9 Å². The number of anilines is 1. The standard InChI is InChI=1S/C20H17ClF3N3/c1-13-15(11-12-25-14-7-3-2-4-8-14)18(21)27-19(26-13)16-9-5-6-10-17(16)20(22,23)24/h2-10,25H,11-12H2,1H3. The molecule has 0 saturated carbocycles. The molecular weight excluding hydrogens is 375 g/mol. The first-order chi connectivity index (χ1) is 12.9. The number of benzene rings is 2. The molecule has 0 aliphatic carbocycles. The number of halogens is 4. The Hall–Kier alpha value is -2.60. The summed E-state index contributed by atoms with van der Waals surface area (Å²) in [5, 5.41) is 3.43. The topological polar surface area (TPSA) is 37.8 Å². The predicted octanol–water partition coefficient (Wildman–Crippen LogP) is 5.78. The zero-order valence-corrected chi connectivity index (χ0v) is 15.3. The molecule has 2 aromatic carbocycles. The van der Waals surface area contributed by atoms with E-state index < -0.39 is 11.7 Å². The molecule has 27 heavy (non-hydrogen) atoms. The molecule has 0 atom stereocenters. The zero-order chi connectivity index (χ0) is 19.4. The van der Waals surface area contributed by atoms with Gasteiger partial charge in [-0.2, -0.15) is 13.2 Å². The maximum atomic E-state index is 13.2. The van der Waals surface area contributed by atoms with E-state index in [2.05, 4.69) is 15.3 Å². The van der Waals surface area contributed by atoms with Crippen LogP contribution in [-0.4, -0.2) is 16.5 Å². The lowest BCUT2D eigenvalue weighted by Crippen LogP contribution is -2.11. The maximum Gasteiger partial charge on any atom is 0.417 e. The Bertz CT molecular complexity index is 904. The second-order valence-electron chi connectivity index (χ2n) is 5.99. The molecule has 3 nitrogen and oxygen atoms in total. The van der Waals surface area contributed by atoms with Gasteiger partial charge in [0.15, 0.2) is 5.82 Å². The molecule has 0 aliphatic rings. The van der Waals surface area contributed by atoms with Gasteiger partial charge < -0.3 is 5.32 Å². The van der Waals surface area contributed by atoms with Crippen LogP contribution in [0, 0.1) is 6.92 Å². The number of aromatic nitrogens is 2. The lowest BCUT2D eigenvalue weighted by atomic mass is 10.1. The van der Waals surface area contributed by atoms with Gasteiger partial charge in [0.2, 0.25) is 0 Å². The second-order valence-corrected chi connectivity index (χ2v) is 6.35. The quantitative estimate of drug-likeness (QED) is 0.560. The first-order valence-corrected chi connectivity index (χ1v) is 8.72. The summed E-state index contributed by atoms with van der Waals surface area (Å²) in [6, 6.07) is 14.9. The van der Waals surface area contributed by atoms with Gasteiger partial charge in [0.05, 0.1) is 5.56 Å². The molecule has 3 aromatic rings. The van der Waals surface area contributed by atoms with Gasteiger partial charge in [0, 0.05) is 29.1 Å². The van der Waals surface area contributed by atoms with Crippen LogP contribution in [0.25, 0.3) is 11.4 Å². The van der Waals surface area contributed by atoms with E-state index in [1.54, 1.807) is 6.92 Å². The molecule has 7 heteroatoms. The fourth-order valence-electron chi connectivity index (χ4n) is 2.78. The lowest BCUT2D eigenvalue weighted by Gasteiger charge is -2.14. The summed E-state index contributed by atoms with van der Waals surface area (Å²) in [7, 11) is 0. The largest absolute Gasteiger partial charge is 0.417 e. The third kappa shape index (κ3) is 4.57. The minimum Gasteiger partial charge on any atom is -0.385 e. The Morgan fingerprint density at radius 3 is 2.30 bits per heavy atom. The molecule has 0 saturated heterocycles. The Morgan fingerprint density at radius 1 is 0.963 bits per heavy atom.